The van der Waals surface area contributed by atoms with Crippen molar-refractivity contribution in [1.29, 1.82) is 0 Å². The Bertz CT molecular complexity index is 1010. The molecule has 0 spiro atoms. The third-order valence-corrected chi connectivity index (χ3v) is 5.14. The molecule has 3 rings (SSSR count). The molecule has 0 amide bonds. The van der Waals surface area contributed by atoms with Crippen molar-refractivity contribution < 1.29 is 15.0 Å². The van der Waals surface area contributed by atoms with E-state index in [0.717, 1.165) is 29.9 Å². The number of aromatic nitrogens is 1. The van der Waals surface area contributed by atoms with Crippen LogP contribution in [-0.2, 0) is 0 Å². The highest BCUT2D eigenvalue weighted by Crippen LogP contribution is 2.37. The molecule has 2 aromatic carbocycles. The molecule has 27 heavy (non-hydrogen) atoms. The third kappa shape index (κ3) is 3.21. The summed E-state index contributed by atoms with van der Waals surface area (Å²) < 4.78 is 0. The number of aromatic carboxylic acids is 1. The third-order valence-electron chi connectivity index (χ3n) is 5.14. The lowest BCUT2D eigenvalue weighted by atomic mass is 9.98. The predicted octanol–water partition coefficient (Wildman–Crippen LogP) is 4.77. The van der Waals surface area contributed by atoms with Crippen molar-refractivity contribution in [1.82, 2.24) is 4.98 Å². The molecule has 0 bridgehead atoms. The fourth-order valence-corrected chi connectivity index (χ4v) is 3.39. The summed E-state index contributed by atoms with van der Waals surface area (Å²) >= 11 is 0. The summed E-state index contributed by atoms with van der Waals surface area (Å²) in [6.45, 7) is 9.87. The first-order valence-electron chi connectivity index (χ1n) is 9.10. The normalized spacial score (nSPS) is 11.0. The van der Waals surface area contributed by atoms with E-state index in [1.807, 2.05) is 44.2 Å². The Morgan fingerprint density at radius 1 is 1.04 bits per heavy atom. The van der Waals surface area contributed by atoms with Crippen LogP contribution in [-0.4, -0.2) is 34.3 Å². The molecule has 3 aromatic rings. The molecular weight excluding hydrogens is 340 g/mol. The second kappa shape index (κ2) is 7.27. The molecule has 0 aliphatic heterocycles. The molecule has 0 atom stereocenters. The van der Waals surface area contributed by atoms with Crippen LogP contribution < -0.4 is 4.90 Å². The molecule has 2 N–H and O–H groups in total. The van der Waals surface area contributed by atoms with Crippen molar-refractivity contribution in [3.63, 3.8) is 0 Å². The minimum atomic E-state index is -1.16. The van der Waals surface area contributed by atoms with E-state index in [9.17, 15) is 15.0 Å². The van der Waals surface area contributed by atoms with Gasteiger partial charge in [-0.1, -0.05) is 24.3 Å². The Morgan fingerprint density at radius 3 is 2.22 bits per heavy atom. The quantitative estimate of drug-likeness (QED) is 0.682. The van der Waals surface area contributed by atoms with Crippen molar-refractivity contribution in [3.05, 3.63) is 53.1 Å². The lowest BCUT2D eigenvalue weighted by Gasteiger charge is -2.21. The maximum absolute atomic E-state index is 11.8. The van der Waals surface area contributed by atoms with Crippen molar-refractivity contribution in [2.45, 2.75) is 27.7 Å². The van der Waals surface area contributed by atoms with E-state index in [2.05, 4.69) is 23.7 Å². The first kappa shape index (κ1) is 18.7. The average Bonchev–Trinajstić information content (AvgIpc) is 2.66. The van der Waals surface area contributed by atoms with E-state index >= 15 is 0 Å². The smallest absolute Gasteiger partial charge is 0.340 e. The van der Waals surface area contributed by atoms with Gasteiger partial charge in [-0.3, -0.25) is 0 Å². The molecule has 0 radical (unpaired) electrons. The number of anilines is 1. The molecule has 0 saturated heterocycles. The fourth-order valence-electron chi connectivity index (χ4n) is 3.39. The first-order valence-corrected chi connectivity index (χ1v) is 9.10. The number of pyridine rings is 1. The first-order chi connectivity index (χ1) is 12.9. The lowest BCUT2D eigenvalue weighted by Crippen LogP contribution is -2.21. The van der Waals surface area contributed by atoms with Crippen LogP contribution in [0.2, 0.25) is 0 Å². The van der Waals surface area contributed by atoms with Gasteiger partial charge in [0.2, 0.25) is 0 Å². The minimum Gasteiger partial charge on any atom is -0.505 e. The summed E-state index contributed by atoms with van der Waals surface area (Å²) in [6, 6.07) is 11.2. The summed E-state index contributed by atoms with van der Waals surface area (Å²) in [6.07, 6.45) is 0. The van der Waals surface area contributed by atoms with Crippen molar-refractivity contribution in [3.8, 4) is 17.0 Å². The van der Waals surface area contributed by atoms with Crippen molar-refractivity contribution in [2.75, 3.05) is 18.0 Å². The van der Waals surface area contributed by atoms with Crippen LogP contribution in [0.25, 0.3) is 22.2 Å². The Morgan fingerprint density at radius 2 is 1.67 bits per heavy atom. The maximum Gasteiger partial charge on any atom is 0.340 e. The number of benzene rings is 2. The van der Waals surface area contributed by atoms with Crippen LogP contribution in [0.4, 0.5) is 5.69 Å². The van der Waals surface area contributed by atoms with E-state index in [1.54, 1.807) is 6.07 Å². The Hall–Kier alpha value is -3.08. The van der Waals surface area contributed by atoms with Gasteiger partial charge < -0.3 is 15.1 Å². The number of aryl methyl sites for hydroxylation is 2. The molecule has 140 valence electrons. The second-order valence-corrected chi connectivity index (χ2v) is 6.61. The van der Waals surface area contributed by atoms with E-state index in [-0.39, 0.29) is 11.3 Å². The Kier molecular flexibility index (Phi) is 5.04. The number of rotatable bonds is 5. The van der Waals surface area contributed by atoms with E-state index < -0.39 is 5.97 Å². The number of nitrogens with zero attached hydrogens (tertiary/aromatic N) is 2. The van der Waals surface area contributed by atoms with Gasteiger partial charge in [-0.2, -0.15) is 0 Å². The molecule has 5 nitrogen and oxygen atoms in total. The van der Waals surface area contributed by atoms with Crippen LogP contribution in [0.3, 0.4) is 0 Å². The number of carboxylic acids is 1. The molecule has 0 aliphatic carbocycles. The predicted molar refractivity (Wildman–Crippen MR) is 109 cm³/mol. The molecule has 5 heteroatoms. The van der Waals surface area contributed by atoms with Gasteiger partial charge in [-0.15, -0.1) is 0 Å². The summed E-state index contributed by atoms with van der Waals surface area (Å²) in [5.74, 6) is -1.46. The highest BCUT2D eigenvalue weighted by atomic mass is 16.4. The highest BCUT2D eigenvalue weighted by Gasteiger charge is 2.22. The summed E-state index contributed by atoms with van der Waals surface area (Å²) in [4.78, 5) is 18.7. The monoisotopic (exact) mass is 364 g/mol. The van der Waals surface area contributed by atoms with Gasteiger partial charge in [0.05, 0.1) is 5.52 Å². The van der Waals surface area contributed by atoms with Crippen LogP contribution in [0, 0.1) is 13.8 Å². The largest absolute Gasteiger partial charge is 0.505 e. The van der Waals surface area contributed by atoms with Crippen molar-refractivity contribution >= 4 is 22.6 Å². The van der Waals surface area contributed by atoms with Gasteiger partial charge in [0, 0.05) is 29.7 Å². The van der Waals surface area contributed by atoms with Gasteiger partial charge in [-0.05, 0) is 51.0 Å². The van der Waals surface area contributed by atoms with E-state index in [0.29, 0.717) is 22.2 Å². The maximum atomic E-state index is 11.8. The van der Waals surface area contributed by atoms with Crippen LogP contribution >= 0.6 is 0 Å². The van der Waals surface area contributed by atoms with Crippen LogP contribution in [0.15, 0.2) is 36.4 Å². The summed E-state index contributed by atoms with van der Waals surface area (Å²) in [5.41, 5.74) is 4.50. The zero-order valence-corrected chi connectivity index (χ0v) is 16.1. The zero-order chi connectivity index (χ0) is 19.7. The van der Waals surface area contributed by atoms with Gasteiger partial charge in [0.15, 0.2) is 5.75 Å². The van der Waals surface area contributed by atoms with Crippen LogP contribution in [0.5, 0.6) is 5.75 Å². The van der Waals surface area contributed by atoms with Crippen LogP contribution in [0.1, 0.15) is 35.3 Å². The zero-order valence-electron chi connectivity index (χ0n) is 16.1. The van der Waals surface area contributed by atoms with Gasteiger partial charge in [0.1, 0.15) is 11.3 Å². The number of hydrogen-bond donors (Lipinski definition) is 2. The van der Waals surface area contributed by atoms with Gasteiger partial charge in [0.25, 0.3) is 0 Å². The summed E-state index contributed by atoms with van der Waals surface area (Å²) in [7, 11) is 0. The lowest BCUT2D eigenvalue weighted by molar-refractivity contribution is 0.0696. The molecular formula is C22H24N2O3. The number of fused-ring (bicyclic) bond motifs is 1. The number of hydrogen-bond acceptors (Lipinski definition) is 4. The minimum absolute atomic E-state index is 0.106. The van der Waals surface area contributed by atoms with E-state index in [4.69, 9.17) is 0 Å². The topological polar surface area (TPSA) is 73.7 Å². The Balaban J connectivity index is 2.24. The number of carbonyl (C=O) groups is 1. The number of aromatic hydroxyl groups is 1. The SMILES string of the molecule is CCN(CC)c1ccc(-c2nc3c(C)c(C)ccc3c(C(=O)O)c2O)cc1. The van der Waals surface area contributed by atoms with Crippen molar-refractivity contribution in [2.24, 2.45) is 0 Å². The van der Waals surface area contributed by atoms with E-state index in [1.165, 1.54) is 0 Å². The molecule has 0 saturated carbocycles. The molecule has 0 fully saturated rings. The average molecular weight is 364 g/mol. The number of carboxylic acid groups (broad SMARTS) is 1. The summed E-state index contributed by atoms with van der Waals surface area (Å²) in [5, 5.41) is 20.8. The highest BCUT2D eigenvalue weighted by molar-refractivity contribution is 6.08. The second-order valence-electron chi connectivity index (χ2n) is 6.61. The molecule has 0 aliphatic rings. The fraction of sp³-hybridized carbons (Fsp3) is 0.273. The van der Waals surface area contributed by atoms with Gasteiger partial charge in [-0.25, -0.2) is 9.78 Å². The Labute approximate surface area is 158 Å². The van der Waals surface area contributed by atoms with Gasteiger partial charge >= 0.3 is 5.97 Å². The molecule has 1 aromatic heterocycles. The molecule has 1 heterocycles. The standard InChI is InChI=1S/C22H24N2O3/c1-5-24(6-2)16-10-8-15(9-11-16)20-21(25)18(22(26)27)17-12-7-13(3)14(4)19(17)23-20/h7-12,25H,5-6H2,1-4H3,(H,26,27). The molecule has 0 unspecified atom stereocenters.